The average Bonchev–Trinajstić information content (AvgIpc) is 3.39. The maximum atomic E-state index is 13.8. The number of para-hydroxylation sites is 2. The van der Waals surface area contributed by atoms with Gasteiger partial charge in [0.25, 0.3) is 11.8 Å². The molecule has 0 fully saturated rings. The van der Waals surface area contributed by atoms with E-state index in [-0.39, 0.29) is 36.0 Å². The summed E-state index contributed by atoms with van der Waals surface area (Å²) in [7, 11) is 1.98. The molecule has 3 atom stereocenters. The van der Waals surface area contributed by atoms with Gasteiger partial charge < -0.3 is 41.0 Å². The van der Waals surface area contributed by atoms with Crippen molar-refractivity contribution in [2.75, 3.05) is 48.4 Å². The Morgan fingerprint density at radius 1 is 1.08 bits per heavy atom. The number of aromatic nitrogens is 1. The number of likely N-dealkylation sites (N-methyl/N-ethyl adjacent to an activating group) is 1. The van der Waals surface area contributed by atoms with Gasteiger partial charge in [-0.25, -0.2) is 4.79 Å². The lowest BCUT2D eigenvalue weighted by Gasteiger charge is -2.38. The Balaban J connectivity index is 1.29. The third kappa shape index (κ3) is 8.37. The van der Waals surface area contributed by atoms with Crippen LogP contribution in [0.3, 0.4) is 0 Å². The Morgan fingerprint density at radius 2 is 1.82 bits per heavy atom. The van der Waals surface area contributed by atoms with Gasteiger partial charge in [0.05, 0.1) is 29.6 Å². The van der Waals surface area contributed by atoms with Crippen molar-refractivity contribution in [1.82, 2.24) is 15.0 Å². The maximum absolute atomic E-state index is 13.8. The van der Waals surface area contributed by atoms with Crippen molar-refractivity contribution >= 4 is 40.6 Å². The highest BCUT2D eigenvalue weighted by Crippen LogP contribution is 2.31. The van der Waals surface area contributed by atoms with Crippen LogP contribution in [0.15, 0.2) is 71.3 Å². The van der Waals surface area contributed by atoms with Gasteiger partial charge in [0.2, 0.25) is 0 Å². The minimum Gasteiger partial charge on any atom is -0.488 e. The summed E-state index contributed by atoms with van der Waals surface area (Å²) < 4.78 is 11.6. The zero-order valence-electron chi connectivity index (χ0n) is 28.3. The maximum Gasteiger partial charge on any atom is 0.323 e. The van der Waals surface area contributed by atoms with Gasteiger partial charge >= 0.3 is 6.03 Å². The number of amides is 4. The standard InChI is InChI=1S/C36H43N7O6/c1-21-17-43(22(2)20-44)35(46)28-16-27(38-36(47)40-33-23(3)41-49-24(33)4)14-15-31(28)48-32(21)19-42(5)18-25-10-12-26(13-11-25)34(45)39-30-9-7-6-8-29(30)37/h6-16,21-22,32,44H,17-20,37H2,1-5H3,(H,39,45)(H2,38,40,47)/t21-,22-,32+/m0/s1. The van der Waals surface area contributed by atoms with E-state index in [0.717, 1.165) is 5.56 Å². The molecule has 1 aliphatic rings. The van der Waals surface area contributed by atoms with E-state index in [1.807, 2.05) is 38.2 Å². The van der Waals surface area contributed by atoms with Crippen molar-refractivity contribution in [3.8, 4) is 5.75 Å². The van der Waals surface area contributed by atoms with Gasteiger partial charge in [-0.15, -0.1) is 0 Å². The lowest BCUT2D eigenvalue weighted by Crippen LogP contribution is -2.49. The molecule has 13 heteroatoms. The number of fused-ring (bicyclic) bond motifs is 1. The van der Waals surface area contributed by atoms with Crippen LogP contribution in [0.4, 0.5) is 27.5 Å². The van der Waals surface area contributed by atoms with Crippen LogP contribution >= 0.6 is 0 Å². The molecule has 0 radical (unpaired) electrons. The Kier molecular flexibility index (Phi) is 10.8. The number of rotatable bonds is 10. The van der Waals surface area contributed by atoms with Crippen LogP contribution in [0.1, 0.15) is 51.6 Å². The molecule has 49 heavy (non-hydrogen) atoms. The molecule has 258 valence electrons. The number of aliphatic hydroxyl groups excluding tert-OH is 1. The van der Waals surface area contributed by atoms with Gasteiger partial charge in [0.1, 0.15) is 23.2 Å². The van der Waals surface area contributed by atoms with E-state index in [9.17, 15) is 19.5 Å². The van der Waals surface area contributed by atoms with Crippen LogP contribution in [0.2, 0.25) is 0 Å². The fraction of sp³-hybridized carbons (Fsp3) is 0.333. The van der Waals surface area contributed by atoms with Crippen LogP contribution < -0.4 is 26.4 Å². The van der Waals surface area contributed by atoms with Crippen molar-refractivity contribution in [3.63, 3.8) is 0 Å². The highest BCUT2D eigenvalue weighted by Gasteiger charge is 2.33. The smallest absolute Gasteiger partial charge is 0.323 e. The van der Waals surface area contributed by atoms with Crippen molar-refractivity contribution in [2.24, 2.45) is 5.92 Å². The van der Waals surface area contributed by atoms with Crippen molar-refractivity contribution < 1.29 is 28.8 Å². The van der Waals surface area contributed by atoms with E-state index in [2.05, 4.69) is 26.0 Å². The van der Waals surface area contributed by atoms with Crippen molar-refractivity contribution in [1.29, 1.82) is 0 Å². The number of hydrogen-bond acceptors (Lipinski definition) is 9. The fourth-order valence-electron chi connectivity index (χ4n) is 5.71. The molecule has 13 nitrogen and oxygen atoms in total. The monoisotopic (exact) mass is 669 g/mol. The second-order valence-electron chi connectivity index (χ2n) is 12.5. The number of nitrogen functional groups attached to an aromatic ring is 1. The number of nitrogens with zero attached hydrogens (tertiary/aromatic N) is 3. The molecule has 4 amide bonds. The first-order chi connectivity index (χ1) is 23.4. The number of carbonyl (C=O) groups is 3. The predicted octanol–water partition coefficient (Wildman–Crippen LogP) is 5.12. The summed E-state index contributed by atoms with van der Waals surface area (Å²) in [6.07, 6.45) is -0.312. The number of benzene rings is 3. The molecule has 1 aromatic heterocycles. The SMILES string of the molecule is Cc1noc(C)c1NC(=O)Nc1ccc2c(c1)C(=O)N([C@@H](C)CO)C[C@H](C)[C@@H](CN(C)Cc1ccc(C(=O)Nc3ccccc3N)cc1)O2. The number of carbonyl (C=O) groups excluding carboxylic acids is 3. The summed E-state index contributed by atoms with van der Waals surface area (Å²) in [6, 6.07) is 18.5. The van der Waals surface area contributed by atoms with Gasteiger partial charge in [-0.05, 0) is 75.8 Å². The molecule has 2 heterocycles. The van der Waals surface area contributed by atoms with E-state index in [4.69, 9.17) is 15.0 Å². The topological polar surface area (TPSA) is 175 Å². The lowest BCUT2D eigenvalue weighted by molar-refractivity contribution is 0.0341. The first-order valence-electron chi connectivity index (χ1n) is 16.1. The van der Waals surface area contributed by atoms with Gasteiger partial charge in [0, 0.05) is 36.8 Å². The molecular formula is C36H43N7O6. The summed E-state index contributed by atoms with van der Waals surface area (Å²) in [5.41, 5.74) is 10.2. The molecule has 4 aromatic rings. The summed E-state index contributed by atoms with van der Waals surface area (Å²) >= 11 is 0. The van der Waals surface area contributed by atoms with Crippen LogP contribution in [0.25, 0.3) is 0 Å². The number of nitrogens with two attached hydrogens (primary N) is 1. The minimum absolute atomic E-state index is 0.0799. The highest BCUT2D eigenvalue weighted by molar-refractivity contribution is 6.06. The van der Waals surface area contributed by atoms with Gasteiger partial charge in [-0.3, -0.25) is 14.5 Å². The number of hydrogen-bond donors (Lipinski definition) is 5. The summed E-state index contributed by atoms with van der Waals surface area (Å²) in [5, 5.41) is 22.2. The molecule has 3 aromatic carbocycles. The zero-order chi connectivity index (χ0) is 35.2. The summed E-state index contributed by atoms with van der Waals surface area (Å²) in [4.78, 5) is 43.2. The molecule has 1 aliphatic heterocycles. The van der Waals surface area contributed by atoms with Gasteiger partial charge in [-0.1, -0.05) is 36.3 Å². The molecular weight excluding hydrogens is 626 g/mol. The number of ether oxygens (including phenoxy) is 1. The molecule has 0 aliphatic carbocycles. The number of urea groups is 1. The molecule has 0 unspecified atom stereocenters. The van der Waals surface area contributed by atoms with E-state index in [1.54, 1.807) is 68.1 Å². The van der Waals surface area contributed by atoms with E-state index in [0.29, 0.717) is 65.2 Å². The Labute approximate surface area is 285 Å². The Bertz CT molecular complexity index is 1790. The number of aliphatic hydroxyl groups is 1. The van der Waals surface area contributed by atoms with Crippen LogP contribution in [-0.2, 0) is 6.54 Å². The average molecular weight is 670 g/mol. The number of aryl methyl sites for hydroxylation is 2. The third-order valence-corrected chi connectivity index (χ3v) is 8.56. The third-order valence-electron chi connectivity index (χ3n) is 8.56. The van der Waals surface area contributed by atoms with E-state index in [1.165, 1.54) is 0 Å². The highest BCUT2D eigenvalue weighted by atomic mass is 16.5. The van der Waals surface area contributed by atoms with Crippen LogP contribution in [0.5, 0.6) is 5.75 Å². The van der Waals surface area contributed by atoms with Crippen LogP contribution in [0, 0.1) is 19.8 Å². The molecule has 0 bridgehead atoms. The summed E-state index contributed by atoms with van der Waals surface area (Å²) in [6.45, 7) is 8.52. The largest absolute Gasteiger partial charge is 0.488 e. The second-order valence-corrected chi connectivity index (χ2v) is 12.5. The quantitative estimate of drug-likeness (QED) is 0.144. The molecule has 0 saturated heterocycles. The van der Waals surface area contributed by atoms with Crippen LogP contribution in [-0.4, -0.2) is 76.8 Å². The van der Waals surface area contributed by atoms with E-state index >= 15 is 0 Å². The van der Waals surface area contributed by atoms with Crippen molar-refractivity contribution in [3.05, 3.63) is 94.9 Å². The van der Waals surface area contributed by atoms with E-state index < -0.39 is 12.1 Å². The predicted molar refractivity (Wildman–Crippen MR) is 188 cm³/mol. The second kappa shape index (κ2) is 15.2. The first-order valence-corrected chi connectivity index (χ1v) is 16.1. The van der Waals surface area contributed by atoms with Crippen molar-refractivity contribution in [2.45, 2.75) is 46.4 Å². The molecule has 6 N–H and O–H groups in total. The lowest BCUT2D eigenvalue weighted by atomic mass is 9.99. The Morgan fingerprint density at radius 3 is 2.49 bits per heavy atom. The first kappa shape index (κ1) is 34.9. The van der Waals surface area contributed by atoms with Gasteiger partial charge in [-0.2, -0.15) is 0 Å². The number of anilines is 4. The Hall–Kier alpha value is -5.40. The minimum atomic E-state index is -0.517. The zero-order valence-corrected chi connectivity index (χ0v) is 28.3. The van der Waals surface area contributed by atoms with Gasteiger partial charge in [0.15, 0.2) is 5.76 Å². The number of nitrogens with one attached hydrogen (secondary N) is 3. The summed E-state index contributed by atoms with van der Waals surface area (Å²) in [5.74, 6) is 0.232. The fourth-order valence-corrected chi connectivity index (χ4v) is 5.71. The normalized spacial score (nSPS) is 16.6. The molecule has 5 rings (SSSR count). The molecule has 0 spiro atoms. The molecule has 0 saturated carbocycles.